The van der Waals surface area contributed by atoms with E-state index in [1.54, 1.807) is 12.1 Å². The Morgan fingerprint density at radius 1 is 1.14 bits per heavy atom. The molecule has 0 unspecified atom stereocenters. The van der Waals surface area contributed by atoms with Crippen LogP contribution < -0.4 is 4.74 Å². The molecule has 0 atom stereocenters. The largest absolute Gasteiger partial charge is 0.492 e. The molecule has 5 heteroatoms. The standard InChI is InChI=1S/C16H13BrCl2O2/c1-3-21-15-8-13(18)11(7-14(15)19)16(20)10-6-9(2)4-5-12(10)17/h4-8H,3H2,1-2H3. The van der Waals surface area contributed by atoms with Crippen molar-refractivity contribution in [1.82, 2.24) is 0 Å². The van der Waals surface area contributed by atoms with Gasteiger partial charge in [0.05, 0.1) is 16.7 Å². The maximum absolute atomic E-state index is 12.6. The van der Waals surface area contributed by atoms with Crippen molar-refractivity contribution in [3.63, 3.8) is 0 Å². The van der Waals surface area contributed by atoms with Gasteiger partial charge in [0.15, 0.2) is 5.78 Å². The van der Waals surface area contributed by atoms with E-state index in [0.29, 0.717) is 33.5 Å². The number of ketones is 1. The van der Waals surface area contributed by atoms with Crippen LogP contribution in [0.15, 0.2) is 34.8 Å². The molecule has 0 bridgehead atoms. The molecule has 0 aromatic heterocycles. The van der Waals surface area contributed by atoms with Gasteiger partial charge in [-0.25, -0.2) is 0 Å². The Kier molecular flexibility index (Phi) is 5.31. The fraction of sp³-hybridized carbons (Fsp3) is 0.188. The molecule has 0 aliphatic rings. The Balaban J connectivity index is 2.49. The molecule has 21 heavy (non-hydrogen) atoms. The Morgan fingerprint density at radius 2 is 1.86 bits per heavy atom. The number of hydrogen-bond donors (Lipinski definition) is 0. The number of carbonyl (C=O) groups is 1. The minimum absolute atomic E-state index is 0.180. The van der Waals surface area contributed by atoms with Crippen LogP contribution in [0.25, 0.3) is 0 Å². The van der Waals surface area contributed by atoms with E-state index in [1.165, 1.54) is 0 Å². The quantitative estimate of drug-likeness (QED) is 0.629. The highest BCUT2D eigenvalue weighted by Gasteiger charge is 2.18. The normalized spacial score (nSPS) is 10.5. The van der Waals surface area contributed by atoms with Crippen molar-refractivity contribution < 1.29 is 9.53 Å². The molecule has 0 aliphatic carbocycles. The summed E-state index contributed by atoms with van der Waals surface area (Å²) in [6.07, 6.45) is 0. The third-order valence-corrected chi connectivity index (χ3v) is 4.23. The Bertz CT molecular complexity index is 699. The lowest BCUT2D eigenvalue weighted by Crippen LogP contribution is -2.05. The Labute approximate surface area is 142 Å². The zero-order chi connectivity index (χ0) is 15.6. The fourth-order valence-corrected chi connectivity index (χ4v) is 2.81. The molecule has 0 amide bonds. The second-order valence-electron chi connectivity index (χ2n) is 4.51. The summed E-state index contributed by atoms with van der Waals surface area (Å²) >= 11 is 15.7. The monoisotopic (exact) mass is 386 g/mol. The van der Waals surface area contributed by atoms with Crippen molar-refractivity contribution in [2.24, 2.45) is 0 Å². The molecular weight excluding hydrogens is 375 g/mol. The van der Waals surface area contributed by atoms with Gasteiger partial charge < -0.3 is 4.74 Å². The maximum Gasteiger partial charge on any atom is 0.195 e. The summed E-state index contributed by atoms with van der Waals surface area (Å²) in [4.78, 5) is 12.6. The molecule has 0 saturated heterocycles. The van der Waals surface area contributed by atoms with E-state index >= 15 is 0 Å². The van der Waals surface area contributed by atoms with Crippen molar-refractivity contribution in [3.8, 4) is 5.75 Å². The molecule has 2 aromatic carbocycles. The lowest BCUT2D eigenvalue weighted by atomic mass is 10.0. The summed E-state index contributed by atoms with van der Waals surface area (Å²) in [6, 6.07) is 8.70. The first-order valence-electron chi connectivity index (χ1n) is 6.36. The van der Waals surface area contributed by atoms with Crippen molar-refractivity contribution in [2.45, 2.75) is 13.8 Å². The van der Waals surface area contributed by atoms with E-state index in [4.69, 9.17) is 27.9 Å². The van der Waals surface area contributed by atoms with Gasteiger partial charge >= 0.3 is 0 Å². The second kappa shape index (κ2) is 6.82. The summed E-state index contributed by atoms with van der Waals surface area (Å²) in [5, 5.41) is 0.689. The average molecular weight is 388 g/mol. The highest BCUT2D eigenvalue weighted by Crippen LogP contribution is 2.33. The van der Waals surface area contributed by atoms with Gasteiger partial charge in [0.1, 0.15) is 5.75 Å². The summed E-state index contributed by atoms with van der Waals surface area (Å²) in [6.45, 7) is 4.26. The summed E-state index contributed by atoms with van der Waals surface area (Å²) < 4.78 is 6.09. The van der Waals surface area contributed by atoms with Gasteiger partial charge in [0, 0.05) is 21.7 Å². The molecule has 2 rings (SSSR count). The zero-order valence-electron chi connectivity index (χ0n) is 11.5. The molecule has 110 valence electrons. The molecule has 2 nitrogen and oxygen atoms in total. The van der Waals surface area contributed by atoms with Crippen LogP contribution in [0.5, 0.6) is 5.75 Å². The first-order chi connectivity index (χ1) is 9.93. The smallest absolute Gasteiger partial charge is 0.195 e. The lowest BCUT2D eigenvalue weighted by Gasteiger charge is -2.11. The number of carbonyl (C=O) groups excluding carboxylic acids is 1. The molecular formula is C16H13BrCl2O2. The minimum Gasteiger partial charge on any atom is -0.492 e. The maximum atomic E-state index is 12.6. The molecule has 0 saturated carbocycles. The number of hydrogen-bond acceptors (Lipinski definition) is 2. The van der Waals surface area contributed by atoms with Crippen LogP contribution in [0, 0.1) is 6.92 Å². The first-order valence-corrected chi connectivity index (χ1v) is 7.91. The van der Waals surface area contributed by atoms with Crippen LogP contribution >= 0.6 is 39.1 Å². The van der Waals surface area contributed by atoms with Gasteiger partial charge in [0.2, 0.25) is 0 Å². The summed E-state index contributed by atoms with van der Waals surface area (Å²) in [5.74, 6) is 0.296. The van der Waals surface area contributed by atoms with E-state index < -0.39 is 0 Å². The van der Waals surface area contributed by atoms with E-state index in [-0.39, 0.29) is 5.78 Å². The van der Waals surface area contributed by atoms with Gasteiger partial charge in [-0.3, -0.25) is 4.79 Å². The molecule has 2 aromatic rings. The lowest BCUT2D eigenvalue weighted by molar-refractivity contribution is 0.103. The minimum atomic E-state index is -0.180. The van der Waals surface area contributed by atoms with Crippen molar-refractivity contribution in [3.05, 3.63) is 61.5 Å². The number of rotatable bonds is 4. The molecule has 0 fully saturated rings. The summed E-state index contributed by atoms with van der Waals surface area (Å²) in [7, 11) is 0. The number of halogens is 3. The van der Waals surface area contributed by atoms with Gasteiger partial charge in [-0.2, -0.15) is 0 Å². The number of aryl methyl sites for hydroxylation is 1. The van der Waals surface area contributed by atoms with Crippen LogP contribution in [-0.2, 0) is 0 Å². The van der Waals surface area contributed by atoms with E-state index in [9.17, 15) is 4.79 Å². The third kappa shape index (κ3) is 3.60. The molecule has 0 spiro atoms. The van der Waals surface area contributed by atoms with Gasteiger partial charge in [-0.1, -0.05) is 50.8 Å². The van der Waals surface area contributed by atoms with Crippen molar-refractivity contribution >= 4 is 44.9 Å². The van der Waals surface area contributed by atoms with Crippen LogP contribution in [-0.4, -0.2) is 12.4 Å². The second-order valence-corrected chi connectivity index (χ2v) is 6.18. The highest BCUT2D eigenvalue weighted by molar-refractivity contribution is 9.10. The van der Waals surface area contributed by atoms with Crippen molar-refractivity contribution in [1.29, 1.82) is 0 Å². The van der Waals surface area contributed by atoms with E-state index in [1.807, 2.05) is 32.0 Å². The third-order valence-electron chi connectivity index (χ3n) is 2.93. The van der Waals surface area contributed by atoms with Crippen LogP contribution in [0.2, 0.25) is 10.0 Å². The SMILES string of the molecule is CCOc1cc(Cl)c(C(=O)c2cc(C)ccc2Br)cc1Cl. The van der Waals surface area contributed by atoms with Crippen LogP contribution in [0.1, 0.15) is 28.4 Å². The van der Waals surface area contributed by atoms with Gasteiger partial charge in [-0.05, 0) is 32.0 Å². The predicted molar refractivity (Wildman–Crippen MR) is 89.9 cm³/mol. The number of benzene rings is 2. The zero-order valence-corrected chi connectivity index (χ0v) is 14.6. The highest BCUT2D eigenvalue weighted by atomic mass is 79.9. The molecule has 0 N–H and O–H groups in total. The van der Waals surface area contributed by atoms with E-state index in [0.717, 1.165) is 10.0 Å². The van der Waals surface area contributed by atoms with Gasteiger partial charge in [0.25, 0.3) is 0 Å². The molecule has 0 heterocycles. The first kappa shape index (κ1) is 16.3. The van der Waals surface area contributed by atoms with Crippen LogP contribution in [0.4, 0.5) is 0 Å². The predicted octanol–water partition coefficient (Wildman–Crippen LogP) is 5.69. The Hall–Kier alpha value is -1.03. The Morgan fingerprint density at radius 3 is 2.52 bits per heavy atom. The van der Waals surface area contributed by atoms with E-state index in [2.05, 4.69) is 15.9 Å². The molecule has 0 radical (unpaired) electrons. The summed E-state index contributed by atoms with van der Waals surface area (Å²) in [5.41, 5.74) is 1.91. The van der Waals surface area contributed by atoms with Crippen molar-refractivity contribution in [2.75, 3.05) is 6.61 Å². The fourth-order valence-electron chi connectivity index (χ4n) is 1.93. The van der Waals surface area contributed by atoms with Crippen LogP contribution in [0.3, 0.4) is 0 Å². The molecule has 0 aliphatic heterocycles. The van der Waals surface area contributed by atoms with Gasteiger partial charge in [-0.15, -0.1) is 0 Å². The average Bonchev–Trinajstić information content (AvgIpc) is 2.44. The number of ether oxygens (including phenoxy) is 1. The topological polar surface area (TPSA) is 26.3 Å².